The van der Waals surface area contributed by atoms with Crippen molar-refractivity contribution in [1.82, 2.24) is 0 Å². The molecule has 0 unspecified atom stereocenters. The van der Waals surface area contributed by atoms with Crippen LogP contribution in [0.3, 0.4) is 0 Å². The standard InChI is InChI=1S/2C8H10.C3H8.2C2H3NO.4C2H6.CH4/c2*1-7-5-3-4-6-8(7)2;1-3-2;2*1-4-2-3;4*1-2;/h2*3-6H,1-2H3;3H2,1-2H3;2*1H3;4*1-2H3;1H4. The molecule has 2 rings (SSSR count). The first-order valence-corrected chi connectivity index (χ1v) is 12.7. The van der Waals surface area contributed by atoms with Crippen molar-refractivity contribution in [2.24, 2.45) is 0 Å². The number of methoxy groups -OCH3 is 2. The van der Waals surface area contributed by atoms with Crippen LogP contribution in [0, 0.1) is 50.7 Å². The molecule has 0 aliphatic heterocycles. The van der Waals surface area contributed by atoms with Crippen LogP contribution in [0.4, 0.5) is 0 Å². The smallest absolute Gasteiger partial charge is 0.286 e. The Bertz CT molecular complexity index is 558. The fourth-order valence-corrected chi connectivity index (χ4v) is 1.33. The molecule has 2 aromatic carbocycles. The molecule has 0 saturated heterocycles. The summed E-state index contributed by atoms with van der Waals surface area (Å²) in [5, 5.41) is 14.8. The fraction of sp³-hybridized carbons (Fsp3) is 0.562. The average molecular weight is 507 g/mol. The normalized spacial score (nSPS) is 6.17. The van der Waals surface area contributed by atoms with Gasteiger partial charge >= 0.3 is 0 Å². The maximum absolute atomic E-state index is 7.40. The minimum absolute atomic E-state index is 0. The van der Waals surface area contributed by atoms with Gasteiger partial charge < -0.3 is 9.47 Å². The molecule has 0 N–H and O–H groups in total. The zero-order valence-corrected chi connectivity index (χ0v) is 26.0. The highest BCUT2D eigenvalue weighted by Crippen LogP contribution is 2.03. The van der Waals surface area contributed by atoms with Gasteiger partial charge in [0.25, 0.3) is 12.5 Å². The van der Waals surface area contributed by atoms with E-state index in [9.17, 15) is 0 Å². The number of hydrogen-bond acceptors (Lipinski definition) is 4. The number of aryl methyl sites for hydroxylation is 4. The zero-order valence-electron chi connectivity index (χ0n) is 26.0. The molecule has 0 saturated carbocycles. The van der Waals surface area contributed by atoms with Gasteiger partial charge in [-0.15, -0.1) is 0 Å². The molecule has 0 radical (unpaired) electrons. The van der Waals surface area contributed by atoms with Crippen molar-refractivity contribution in [1.29, 1.82) is 10.5 Å². The second kappa shape index (κ2) is 63.5. The first-order chi connectivity index (χ1) is 16.9. The molecule has 0 atom stereocenters. The molecule has 0 aliphatic carbocycles. The monoisotopic (exact) mass is 506 g/mol. The van der Waals surface area contributed by atoms with E-state index in [2.05, 4.69) is 99.5 Å². The Morgan fingerprint density at radius 3 is 0.694 bits per heavy atom. The van der Waals surface area contributed by atoms with Crippen LogP contribution in [0.25, 0.3) is 0 Å². The summed E-state index contributed by atoms with van der Waals surface area (Å²) in [4.78, 5) is 0. The molecular formula is C32H62N2O2. The summed E-state index contributed by atoms with van der Waals surface area (Å²) in [6.45, 7) is 28.7. The van der Waals surface area contributed by atoms with Crippen LogP contribution in [0.15, 0.2) is 48.5 Å². The van der Waals surface area contributed by atoms with Gasteiger partial charge in [-0.25, -0.2) is 0 Å². The number of benzene rings is 2. The lowest BCUT2D eigenvalue weighted by molar-refractivity contribution is 0.362. The van der Waals surface area contributed by atoms with E-state index in [4.69, 9.17) is 10.5 Å². The summed E-state index contributed by atoms with van der Waals surface area (Å²) < 4.78 is 7.69. The number of hydrogen-bond donors (Lipinski definition) is 0. The molecule has 36 heavy (non-hydrogen) atoms. The molecule has 2 aromatic rings. The lowest BCUT2D eigenvalue weighted by Gasteiger charge is -1.93. The molecule has 0 bridgehead atoms. The summed E-state index contributed by atoms with van der Waals surface area (Å²) in [6.07, 6.45) is 4.11. The van der Waals surface area contributed by atoms with Crippen molar-refractivity contribution in [3.63, 3.8) is 0 Å². The summed E-state index contributed by atoms with van der Waals surface area (Å²) in [6, 6.07) is 16.7. The lowest BCUT2D eigenvalue weighted by Crippen LogP contribution is -1.74. The van der Waals surface area contributed by atoms with Gasteiger partial charge in [-0.05, 0) is 49.9 Å². The molecule has 0 spiro atoms. The van der Waals surface area contributed by atoms with Crippen LogP contribution >= 0.6 is 0 Å². The van der Waals surface area contributed by atoms with Gasteiger partial charge in [-0.3, -0.25) is 0 Å². The molecule has 0 aliphatic rings. The topological polar surface area (TPSA) is 66.0 Å². The predicted octanol–water partition coefficient (Wildman–Crippen LogP) is 11.0. The number of ether oxygens (including phenoxy) is 2. The van der Waals surface area contributed by atoms with Crippen LogP contribution in [0.5, 0.6) is 0 Å². The van der Waals surface area contributed by atoms with Gasteiger partial charge in [0.1, 0.15) is 0 Å². The quantitative estimate of drug-likeness (QED) is 0.333. The molecule has 0 aromatic heterocycles. The highest BCUT2D eigenvalue weighted by molar-refractivity contribution is 5.24. The molecule has 0 fully saturated rings. The maximum atomic E-state index is 7.40. The average Bonchev–Trinajstić information content (AvgIpc) is 2.93. The van der Waals surface area contributed by atoms with E-state index in [-0.39, 0.29) is 7.43 Å². The van der Waals surface area contributed by atoms with Crippen LogP contribution < -0.4 is 0 Å². The Morgan fingerprint density at radius 2 is 0.639 bits per heavy atom. The molecular weight excluding hydrogens is 444 g/mol. The Balaban J connectivity index is -0.0000000437. The van der Waals surface area contributed by atoms with Gasteiger partial charge in [0.15, 0.2) is 0 Å². The highest BCUT2D eigenvalue weighted by Gasteiger charge is 1.84. The first kappa shape index (κ1) is 54.1. The van der Waals surface area contributed by atoms with Crippen molar-refractivity contribution < 1.29 is 9.47 Å². The minimum atomic E-state index is 0. The van der Waals surface area contributed by atoms with Crippen molar-refractivity contribution in [3.8, 4) is 12.5 Å². The van der Waals surface area contributed by atoms with E-state index in [0.717, 1.165) is 0 Å². The van der Waals surface area contributed by atoms with Gasteiger partial charge in [0.2, 0.25) is 0 Å². The highest BCUT2D eigenvalue weighted by atomic mass is 16.5. The molecule has 212 valence electrons. The van der Waals surface area contributed by atoms with Gasteiger partial charge in [0.05, 0.1) is 14.2 Å². The van der Waals surface area contributed by atoms with Gasteiger partial charge in [-0.2, -0.15) is 10.5 Å². The zero-order chi connectivity index (χ0) is 29.5. The SMILES string of the molecule is C.CC.CC.CC.CC.CCC.COC#N.COC#N.Cc1ccccc1C.Cc1ccccc1C. The maximum Gasteiger partial charge on any atom is 0.286 e. The summed E-state index contributed by atoms with van der Waals surface area (Å²) >= 11 is 0. The fourth-order valence-electron chi connectivity index (χ4n) is 1.33. The molecule has 0 heterocycles. The van der Waals surface area contributed by atoms with E-state index in [1.165, 1.54) is 55.4 Å². The van der Waals surface area contributed by atoms with E-state index >= 15 is 0 Å². The third kappa shape index (κ3) is 63.3. The van der Waals surface area contributed by atoms with E-state index in [0.29, 0.717) is 0 Å². The molecule has 4 heteroatoms. The van der Waals surface area contributed by atoms with E-state index < -0.39 is 0 Å². The van der Waals surface area contributed by atoms with Gasteiger partial charge in [-0.1, -0.05) is 132 Å². The number of nitrogens with zero attached hydrogens (tertiary/aromatic N) is 2. The van der Waals surface area contributed by atoms with Crippen molar-refractivity contribution in [2.75, 3.05) is 14.2 Å². The second-order valence-electron chi connectivity index (χ2n) is 5.47. The molecule has 0 amide bonds. The third-order valence-corrected chi connectivity index (χ3v) is 3.03. The number of rotatable bonds is 0. The van der Waals surface area contributed by atoms with Crippen molar-refractivity contribution in [3.05, 3.63) is 70.8 Å². The minimum Gasteiger partial charge on any atom is -0.431 e. The summed E-state index contributed by atoms with van der Waals surface area (Å²) in [5.41, 5.74) is 5.47. The van der Waals surface area contributed by atoms with Crippen molar-refractivity contribution in [2.45, 2.75) is 111 Å². The molecule has 4 nitrogen and oxygen atoms in total. The van der Waals surface area contributed by atoms with Crippen LogP contribution in [0.2, 0.25) is 0 Å². The first-order valence-electron chi connectivity index (χ1n) is 12.7. The lowest BCUT2D eigenvalue weighted by atomic mass is 10.1. The Kier molecular flexibility index (Phi) is 95.5. The third-order valence-electron chi connectivity index (χ3n) is 3.03. The summed E-state index contributed by atoms with van der Waals surface area (Å²) in [7, 11) is 2.64. The van der Waals surface area contributed by atoms with Crippen LogP contribution in [-0.2, 0) is 9.47 Å². The Hall–Kier alpha value is -2.98. The number of nitriles is 2. The van der Waals surface area contributed by atoms with Crippen LogP contribution in [0.1, 0.15) is 105 Å². The van der Waals surface area contributed by atoms with Crippen molar-refractivity contribution >= 4 is 0 Å². The largest absolute Gasteiger partial charge is 0.431 e. The van der Waals surface area contributed by atoms with E-state index in [1.54, 1.807) is 0 Å². The van der Waals surface area contributed by atoms with E-state index in [1.807, 2.05) is 55.4 Å². The predicted molar refractivity (Wildman–Crippen MR) is 165 cm³/mol. The second-order valence-corrected chi connectivity index (χ2v) is 5.47. The Labute approximate surface area is 228 Å². The Morgan fingerprint density at radius 1 is 0.528 bits per heavy atom. The van der Waals surface area contributed by atoms with Gasteiger partial charge in [0, 0.05) is 0 Å². The summed E-state index contributed by atoms with van der Waals surface area (Å²) in [5.74, 6) is 0. The van der Waals surface area contributed by atoms with Crippen LogP contribution in [-0.4, -0.2) is 14.2 Å².